The van der Waals surface area contributed by atoms with Crippen molar-refractivity contribution in [3.05, 3.63) is 59.4 Å². The van der Waals surface area contributed by atoms with Gasteiger partial charge < -0.3 is 10.1 Å². The quantitative estimate of drug-likeness (QED) is 0.940. The van der Waals surface area contributed by atoms with E-state index in [0.717, 1.165) is 12.1 Å². The smallest absolute Gasteiger partial charge is 0.228 e. The van der Waals surface area contributed by atoms with E-state index in [9.17, 15) is 18.0 Å². The largest absolute Gasteiger partial charge is 0.494 e. The van der Waals surface area contributed by atoms with Gasteiger partial charge in [0.25, 0.3) is 0 Å². The van der Waals surface area contributed by atoms with Gasteiger partial charge >= 0.3 is 0 Å². The topological polar surface area (TPSA) is 38.3 Å². The molecule has 0 aliphatic rings. The maximum absolute atomic E-state index is 13.5. The van der Waals surface area contributed by atoms with Crippen LogP contribution in [0, 0.1) is 17.5 Å². The number of nitrogens with one attached hydrogen (secondary N) is 1. The van der Waals surface area contributed by atoms with Gasteiger partial charge in [0.1, 0.15) is 11.6 Å². The highest BCUT2D eigenvalue weighted by molar-refractivity contribution is 5.92. The molecule has 0 bridgehead atoms. The fourth-order valence-electron chi connectivity index (χ4n) is 1.79. The number of anilines is 1. The Labute approximate surface area is 119 Å². The molecule has 1 N–H and O–H groups in total. The summed E-state index contributed by atoms with van der Waals surface area (Å²) >= 11 is 0. The predicted octanol–water partition coefficient (Wildman–Crippen LogP) is 3.29. The van der Waals surface area contributed by atoms with Crippen LogP contribution in [0.2, 0.25) is 0 Å². The summed E-state index contributed by atoms with van der Waals surface area (Å²) in [6.45, 7) is 0. The lowest BCUT2D eigenvalue weighted by Gasteiger charge is -2.08. The maximum Gasteiger partial charge on any atom is 0.228 e. The summed E-state index contributed by atoms with van der Waals surface area (Å²) in [5, 5.41) is 2.30. The summed E-state index contributed by atoms with van der Waals surface area (Å²) in [6.07, 6.45) is -0.141. The number of carbonyl (C=O) groups is 1. The van der Waals surface area contributed by atoms with Gasteiger partial charge in [0.15, 0.2) is 11.6 Å². The zero-order valence-corrected chi connectivity index (χ0v) is 11.1. The lowest BCUT2D eigenvalue weighted by molar-refractivity contribution is -0.115. The second-order valence-corrected chi connectivity index (χ2v) is 4.32. The van der Waals surface area contributed by atoms with E-state index in [4.69, 9.17) is 4.74 Å². The molecule has 110 valence electrons. The minimum atomic E-state index is -0.871. The van der Waals surface area contributed by atoms with E-state index in [-0.39, 0.29) is 17.9 Å². The van der Waals surface area contributed by atoms with Gasteiger partial charge in [-0.05, 0) is 29.8 Å². The van der Waals surface area contributed by atoms with Crippen LogP contribution in [0.3, 0.4) is 0 Å². The van der Waals surface area contributed by atoms with Crippen LogP contribution >= 0.6 is 0 Å². The van der Waals surface area contributed by atoms with Crippen molar-refractivity contribution in [2.45, 2.75) is 6.42 Å². The van der Waals surface area contributed by atoms with Crippen LogP contribution in [0.25, 0.3) is 0 Å². The van der Waals surface area contributed by atoms with Gasteiger partial charge in [-0.2, -0.15) is 0 Å². The number of hydrogen-bond acceptors (Lipinski definition) is 2. The minimum absolute atomic E-state index is 0.0729. The molecule has 0 aliphatic carbocycles. The molecule has 0 heterocycles. The first-order valence-corrected chi connectivity index (χ1v) is 6.07. The van der Waals surface area contributed by atoms with Crippen LogP contribution < -0.4 is 10.1 Å². The third-order valence-electron chi connectivity index (χ3n) is 2.79. The van der Waals surface area contributed by atoms with Gasteiger partial charge in [0, 0.05) is 6.07 Å². The lowest BCUT2D eigenvalue weighted by atomic mass is 10.1. The van der Waals surface area contributed by atoms with Crippen LogP contribution in [0.1, 0.15) is 5.56 Å². The number of amides is 1. The molecule has 0 saturated carbocycles. The number of rotatable bonds is 4. The number of carbonyl (C=O) groups excluding carboxylic acids is 1. The Balaban J connectivity index is 2.06. The second-order valence-electron chi connectivity index (χ2n) is 4.32. The van der Waals surface area contributed by atoms with Crippen molar-refractivity contribution >= 4 is 11.6 Å². The maximum atomic E-state index is 13.5. The normalized spacial score (nSPS) is 10.3. The zero-order valence-electron chi connectivity index (χ0n) is 11.1. The molecule has 6 heteroatoms. The Morgan fingerprint density at radius 3 is 2.48 bits per heavy atom. The molecule has 2 rings (SSSR count). The second kappa shape index (κ2) is 6.30. The highest BCUT2D eigenvalue weighted by Gasteiger charge is 2.10. The van der Waals surface area contributed by atoms with Crippen molar-refractivity contribution in [3.8, 4) is 5.75 Å². The number of methoxy groups -OCH3 is 1. The van der Waals surface area contributed by atoms with Crippen molar-refractivity contribution in [1.82, 2.24) is 0 Å². The SMILES string of the molecule is COc1ccc(CC(=O)Nc2ccc(F)cc2F)cc1F. The van der Waals surface area contributed by atoms with E-state index in [1.165, 1.54) is 25.3 Å². The Morgan fingerprint density at radius 2 is 1.86 bits per heavy atom. The Morgan fingerprint density at radius 1 is 1.10 bits per heavy atom. The molecule has 3 nitrogen and oxygen atoms in total. The summed E-state index contributed by atoms with van der Waals surface area (Å²) in [6, 6.07) is 6.92. The number of benzene rings is 2. The standard InChI is InChI=1S/C15H12F3NO2/c1-21-14-5-2-9(6-12(14)18)7-15(20)19-13-4-3-10(16)8-11(13)17/h2-6,8H,7H2,1H3,(H,19,20). The molecule has 2 aromatic rings. The van der Waals surface area contributed by atoms with Crippen molar-refractivity contribution in [3.63, 3.8) is 0 Å². The van der Waals surface area contributed by atoms with Gasteiger partial charge in [0.2, 0.25) is 5.91 Å². The third-order valence-corrected chi connectivity index (χ3v) is 2.79. The van der Waals surface area contributed by atoms with Gasteiger partial charge in [-0.1, -0.05) is 6.07 Å². The van der Waals surface area contributed by atoms with E-state index in [1.54, 1.807) is 0 Å². The molecule has 21 heavy (non-hydrogen) atoms. The molecule has 0 radical (unpaired) electrons. The average molecular weight is 295 g/mol. The van der Waals surface area contributed by atoms with Crippen molar-refractivity contribution in [1.29, 1.82) is 0 Å². The fourth-order valence-corrected chi connectivity index (χ4v) is 1.79. The van der Waals surface area contributed by atoms with E-state index in [1.807, 2.05) is 0 Å². The van der Waals surface area contributed by atoms with Crippen LogP contribution in [0.5, 0.6) is 5.75 Å². The average Bonchev–Trinajstić information content (AvgIpc) is 2.42. The molecule has 0 aliphatic heterocycles. The molecule has 0 aromatic heterocycles. The van der Waals surface area contributed by atoms with Crippen molar-refractivity contribution in [2.24, 2.45) is 0 Å². The molecular weight excluding hydrogens is 283 g/mol. The highest BCUT2D eigenvalue weighted by Crippen LogP contribution is 2.19. The van der Waals surface area contributed by atoms with Crippen LogP contribution in [0.4, 0.5) is 18.9 Å². The van der Waals surface area contributed by atoms with E-state index in [0.29, 0.717) is 11.6 Å². The third kappa shape index (κ3) is 3.75. The monoisotopic (exact) mass is 295 g/mol. The predicted molar refractivity (Wildman–Crippen MR) is 71.6 cm³/mol. The van der Waals surface area contributed by atoms with Crippen molar-refractivity contribution in [2.75, 3.05) is 12.4 Å². The first-order valence-electron chi connectivity index (χ1n) is 6.07. The fraction of sp³-hybridized carbons (Fsp3) is 0.133. The summed E-state index contributed by atoms with van der Waals surface area (Å²) in [4.78, 5) is 11.8. The summed E-state index contributed by atoms with van der Waals surface area (Å²) in [5.41, 5.74) is 0.281. The van der Waals surface area contributed by atoms with Crippen molar-refractivity contribution < 1.29 is 22.7 Å². The number of ether oxygens (including phenoxy) is 1. The molecule has 0 fully saturated rings. The van der Waals surface area contributed by atoms with E-state index < -0.39 is 23.4 Å². The summed E-state index contributed by atoms with van der Waals surface area (Å²) < 4.78 is 44.4. The van der Waals surface area contributed by atoms with Crippen LogP contribution in [-0.4, -0.2) is 13.0 Å². The number of halogens is 3. The molecule has 1 amide bonds. The van der Waals surface area contributed by atoms with E-state index in [2.05, 4.69) is 5.32 Å². The molecular formula is C15H12F3NO2. The van der Waals surface area contributed by atoms with Crippen LogP contribution in [0.15, 0.2) is 36.4 Å². The molecule has 0 unspecified atom stereocenters. The van der Waals surface area contributed by atoms with Gasteiger partial charge in [-0.15, -0.1) is 0 Å². The summed E-state index contributed by atoms with van der Waals surface area (Å²) in [7, 11) is 1.34. The Hall–Kier alpha value is -2.50. The van der Waals surface area contributed by atoms with Crippen LogP contribution in [-0.2, 0) is 11.2 Å². The first kappa shape index (κ1) is 14.9. The zero-order chi connectivity index (χ0) is 15.4. The molecule has 0 spiro atoms. The van der Waals surface area contributed by atoms with Gasteiger partial charge in [-0.3, -0.25) is 4.79 Å². The molecule has 0 saturated heterocycles. The molecule has 0 atom stereocenters. The first-order chi connectivity index (χ1) is 9.99. The van der Waals surface area contributed by atoms with E-state index >= 15 is 0 Å². The Bertz CT molecular complexity index is 674. The minimum Gasteiger partial charge on any atom is -0.494 e. The lowest BCUT2D eigenvalue weighted by Crippen LogP contribution is -2.15. The van der Waals surface area contributed by atoms with Gasteiger partial charge in [0.05, 0.1) is 19.2 Å². The molecule has 2 aromatic carbocycles. The van der Waals surface area contributed by atoms with Gasteiger partial charge in [-0.25, -0.2) is 13.2 Å². The highest BCUT2D eigenvalue weighted by atomic mass is 19.1. The summed E-state index contributed by atoms with van der Waals surface area (Å²) in [5.74, 6) is -2.66. The number of hydrogen-bond donors (Lipinski definition) is 1. The Kier molecular flexibility index (Phi) is 4.47.